The average Bonchev–Trinajstić information content (AvgIpc) is 2.95. The molecule has 0 atom stereocenters. The highest BCUT2D eigenvalue weighted by atomic mass is 35.5. The van der Waals surface area contributed by atoms with Crippen LogP contribution >= 0.6 is 22.9 Å². The fourth-order valence-corrected chi connectivity index (χ4v) is 3.84. The fourth-order valence-electron chi connectivity index (χ4n) is 2.71. The van der Waals surface area contributed by atoms with Crippen molar-refractivity contribution in [2.24, 2.45) is 0 Å². The Hall–Kier alpha value is -1.31. The summed E-state index contributed by atoms with van der Waals surface area (Å²) in [5.41, 5.74) is -0.506. The van der Waals surface area contributed by atoms with Crippen LogP contribution in [0.2, 0.25) is 4.34 Å². The van der Waals surface area contributed by atoms with Gasteiger partial charge in [0.2, 0.25) is 5.91 Å². The first kappa shape index (κ1) is 21.0. The molecule has 1 fully saturated rings. The van der Waals surface area contributed by atoms with Crippen molar-refractivity contribution in [2.45, 2.75) is 45.8 Å². The first-order valence-corrected chi connectivity index (χ1v) is 10.1. The molecule has 6 nitrogen and oxygen atoms in total. The molecule has 0 aliphatic carbocycles. The van der Waals surface area contributed by atoms with Crippen LogP contribution in [0.5, 0.6) is 0 Å². The molecular weight excluding hydrogens is 374 g/mol. The Balaban J connectivity index is 1.60. The normalized spacial score (nSPS) is 15.8. The smallest absolute Gasteiger partial charge is 0.407 e. The van der Waals surface area contributed by atoms with Crippen molar-refractivity contribution in [3.63, 3.8) is 0 Å². The summed E-state index contributed by atoms with van der Waals surface area (Å²) in [6.45, 7) is 10.0. The van der Waals surface area contributed by atoms with Crippen molar-refractivity contribution in [3.8, 4) is 0 Å². The first-order chi connectivity index (χ1) is 12.2. The summed E-state index contributed by atoms with van der Waals surface area (Å²) in [4.78, 5) is 29.3. The zero-order chi connectivity index (χ0) is 19.2. The molecular formula is C18H28ClN3O3S. The van der Waals surface area contributed by atoms with E-state index >= 15 is 0 Å². The second kappa shape index (κ2) is 9.58. The van der Waals surface area contributed by atoms with Gasteiger partial charge in [0.15, 0.2) is 0 Å². The van der Waals surface area contributed by atoms with Crippen molar-refractivity contribution >= 4 is 34.9 Å². The Morgan fingerprint density at radius 3 is 2.50 bits per heavy atom. The molecule has 8 heteroatoms. The standard InChI is InChI=1S/C18H28ClN3O3S/c1-18(2,3)25-17(24)20-8-4-5-16(23)22-11-9-21(10-12-22)13-14-6-7-15(19)26-14/h6-7H,4-5,8-13H2,1-3H3,(H,20,24). The lowest BCUT2D eigenvalue weighted by Gasteiger charge is -2.34. The number of nitrogens with zero attached hydrogens (tertiary/aromatic N) is 2. The maximum absolute atomic E-state index is 12.3. The molecule has 26 heavy (non-hydrogen) atoms. The van der Waals surface area contributed by atoms with Crippen molar-refractivity contribution in [3.05, 3.63) is 21.3 Å². The van der Waals surface area contributed by atoms with Gasteiger partial charge in [-0.25, -0.2) is 4.79 Å². The average molecular weight is 402 g/mol. The molecule has 1 aromatic heterocycles. The van der Waals surface area contributed by atoms with Gasteiger partial charge in [0, 0.05) is 50.6 Å². The molecule has 1 aliphatic rings. The number of ether oxygens (including phenoxy) is 1. The number of carbonyl (C=O) groups is 2. The molecule has 1 N–H and O–H groups in total. The highest BCUT2D eigenvalue weighted by Crippen LogP contribution is 2.23. The Kier molecular flexibility index (Phi) is 7.73. The van der Waals surface area contributed by atoms with E-state index in [1.807, 2.05) is 31.7 Å². The van der Waals surface area contributed by atoms with Gasteiger partial charge >= 0.3 is 6.09 Å². The number of hydrogen-bond acceptors (Lipinski definition) is 5. The molecule has 0 unspecified atom stereocenters. The molecule has 0 radical (unpaired) electrons. The van der Waals surface area contributed by atoms with Crippen LogP contribution in [0.25, 0.3) is 0 Å². The maximum Gasteiger partial charge on any atom is 0.407 e. The highest BCUT2D eigenvalue weighted by molar-refractivity contribution is 7.16. The predicted octanol–water partition coefficient (Wildman–Crippen LogP) is 3.35. The number of nitrogens with one attached hydrogen (secondary N) is 1. The Bertz CT molecular complexity index is 607. The molecule has 1 aromatic rings. The summed E-state index contributed by atoms with van der Waals surface area (Å²) in [7, 11) is 0. The summed E-state index contributed by atoms with van der Waals surface area (Å²) in [5.74, 6) is 0.148. The zero-order valence-corrected chi connectivity index (χ0v) is 17.3. The van der Waals surface area contributed by atoms with E-state index in [0.29, 0.717) is 19.4 Å². The van der Waals surface area contributed by atoms with Crippen LogP contribution < -0.4 is 5.32 Å². The fraction of sp³-hybridized carbons (Fsp3) is 0.667. The van der Waals surface area contributed by atoms with Gasteiger partial charge < -0.3 is 15.0 Å². The van der Waals surface area contributed by atoms with Gasteiger partial charge in [0.05, 0.1) is 4.34 Å². The SMILES string of the molecule is CC(C)(C)OC(=O)NCCCC(=O)N1CCN(Cc2ccc(Cl)s2)CC1. The number of piperazine rings is 1. The summed E-state index contributed by atoms with van der Waals surface area (Å²) >= 11 is 7.57. The van der Waals surface area contributed by atoms with Gasteiger partial charge in [0.25, 0.3) is 0 Å². The van der Waals surface area contributed by atoms with Crippen molar-refractivity contribution in [1.82, 2.24) is 15.1 Å². The van der Waals surface area contributed by atoms with Crippen LogP contribution in [0.4, 0.5) is 4.79 Å². The summed E-state index contributed by atoms with van der Waals surface area (Å²) in [6, 6.07) is 3.98. The molecule has 1 saturated heterocycles. The minimum Gasteiger partial charge on any atom is -0.444 e. The third-order valence-electron chi connectivity index (χ3n) is 3.97. The van der Waals surface area contributed by atoms with Crippen LogP contribution in [-0.2, 0) is 16.1 Å². The van der Waals surface area contributed by atoms with E-state index in [9.17, 15) is 9.59 Å². The first-order valence-electron chi connectivity index (χ1n) is 8.94. The molecule has 0 bridgehead atoms. The number of alkyl carbamates (subject to hydrolysis) is 1. The van der Waals surface area contributed by atoms with E-state index in [-0.39, 0.29) is 5.91 Å². The number of thiophene rings is 1. The van der Waals surface area contributed by atoms with Gasteiger partial charge in [-0.3, -0.25) is 9.69 Å². The van der Waals surface area contributed by atoms with E-state index < -0.39 is 11.7 Å². The molecule has 2 amide bonds. The molecule has 1 aliphatic heterocycles. The van der Waals surface area contributed by atoms with Crippen LogP contribution in [0.1, 0.15) is 38.5 Å². The van der Waals surface area contributed by atoms with Crippen molar-refractivity contribution in [2.75, 3.05) is 32.7 Å². The van der Waals surface area contributed by atoms with Crippen LogP contribution in [-0.4, -0.2) is 60.1 Å². The summed E-state index contributed by atoms with van der Waals surface area (Å²) < 4.78 is 5.98. The minimum absolute atomic E-state index is 0.148. The van der Waals surface area contributed by atoms with Crippen LogP contribution in [0, 0.1) is 0 Å². The maximum atomic E-state index is 12.3. The largest absolute Gasteiger partial charge is 0.444 e. The lowest BCUT2D eigenvalue weighted by Crippen LogP contribution is -2.48. The monoisotopic (exact) mass is 401 g/mol. The number of hydrogen-bond donors (Lipinski definition) is 1. The van der Waals surface area contributed by atoms with E-state index in [4.69, 9.17) is 16.3 Å². The third kappa shape index (κ3) is 7.51. The van der Waals surface area contributed by atoms with Gasteiger partial charge in [-0.15, -0.1) is 11.3 Å². The molecule has 2 heterocycles. The van der Waals surface area contributed by atoms with Crippen LogP contribution in [0.3, 0.4) is 0 Å². The molecule has 0 aromatic carbocycles. The van der Waals surface area contributed by atoms with Gasteiger partial charge in [-0.2, -0.15) is 0 Å². The van der Waals surface area contributed by atoms with E-state index in [1.54, 1.807) is 11.3 Å². The van der Waals surface area contributed by atoms with Gasteiger partial charge in [-0.1, -0.05) is 11.6 Å². The van der Waals surface area contributed by atoms with E-state index in [2.05, 4.69) is 16.3 Å². The van der Waals surface area contributed by atoms with Gasteiger partial charge in [0.1, 0.15) is 5.60 Å². The van der Waals surface area contributed by atoms with Crippen molar-refractivity contribution < 1.29 is 14.3 Å². The second-order valence-electron chi connectivity index (χ2n) is 7.39. The Morgan fingerprint density at radius 2 is 1.92 bits per heavy atom. The molecule has 2 rings (SSSR count). The predicted molar refractivity (Wildman–Crippen MR) is 105 cm³/mol. The summed E-state index contributed by atoms with van der Waals surface area (Å²) in [6.07, 6.45) is 0.620. The number of halogens is 1. The third-order valence-corrected chi connectivity index (χ3v) is 5.18. The van der Waals surface area contributed by atoms with E-state index in [1.165, 1.54) is 4.88 Å². The van der Waals surface area contributed by atoms with Crippen LogP contribution in [0.15, 0.2) is 12.1 Å². The molecule has 0 saturated carbocycles. The molecule has 146 valence electrons. The van der Waals surface area contributed by atoms with E-state index in [0.717, 1.165) is 37.1 Å². The Morgan fingerprint density at radius 1 is 1.23 bits per heavy atom. The quantitative estimate of drug-likeness (QED) is 0.742. The second-order valence-corrected chi connectivity index (χ2v) is 9.19. The highest BCUT2D eigenvalue weighted by Gasteiger charge is 2.21. The topological polar surface area (TPSA) is 61.9 Å². The minimum atomic E-state index is -0.506. The molecule has 0 spiro atoms. The van der Waals surface area contributed by atoms with Gasteiger partial charge in [-0.05, 0) is 39.3 Å². The zero-order valence-electron chi connectivity index (χ0n) is 15.7. The lowest BCUT2D eigenvalue weighted by molar-refractivity contribution is -0.133. The lowest BCUT2D eigenvalue weighted by atomic mass is 10.2. The summed E-state index contributed by atoms with van der Waals surface area (Å²) in [5, 5.41) is 2.68. The number of rotatable bonds is 6. The number of carbonyl (C=O) groups excluding carboxylic acids is 2. The number of amides is 2. The van der Waals surface area contributed by atoms with Crippen molar-refractivity contribution in [1.29, 1.82) is 0 Å². The Labute approximate surface area is 164 Å².